The molecule has 0 atom stereocenters. The summed E-state index contributed by atoms with van der Waals surface area (Å²) in [6.07, 6.45) is -0.363. The molecular formula is C23H45N7O3Si. The van der Waals surface area contributed by atoms with Crippen LogP contribution in [0.15, 0.2) is 0 Å². The van der Waals surface area contributed by atoms with Crippen molar-refractivity contribution in [1.82, 2.24) is 25.0 Å². The zero-order valence-electron chi connectivity index (χ0n) is 22.3. The quantitative estimate of drug-likeness (QED) is 0.392. The van der Waals surface area contributed by atoms with Gasteiger partial charge < -0.3 is 29.5 Å². The number of hydrogen-bond acceptors (Lipinski definition) is 8. The van der Waals surface area contributed by atoms with E-state index in [1.807, 2.05) is 20.8 Å². The van der Waals surface area contributed by atoms with Crippen LogP contribution in [0.3, 0.4) is 0 Å². The first-order valence-electron chi connectivity index (χ1n) is 12.7. The number of carbonyl (C=O) groups is 1. The molecule has 2 aliphatic rings. The standard InChI is InChI=1S/C23H45N7O3Si/c1-8-27-9-11-28(12-10-27)20-25-26-21(30(20)18-32-13-14-34(5,6)7)29-16-19(17-29)15-24-22(31)33-23(2,3)4/h19H,8-18H2,1-7H3,(H,24,31). The fourth-order valence-electron chi connectivity index (χ4n) is 4.07. The van der Waals surface area contributed by atoms with Crippen molar-refractivity contribution in [2.45, 2.75) is 65.7 Å². The number of carbonyl (C=O) groups excluding carboxylic acids is 1. The highest BCUT2D eigenvalue weighted by Gasteiger charge is 2.33. The molecule has 2 fully saturated rings. The number of rotatable bonds is 10. The molecule has 194 valence electrons. The average molecular weight is 496 g/mol. The van der Waals surface area contributed by atoms with Crippen LogP contribution in [0, 0.1) is 5.92 Å². The third kappa shape index (κ3) is 7.84. The summed E-state index contributed by atoms with van der Waals surface area (Å²) in [6.45, 7) is 23.4. The molecule has 1 aromatic heterocycles. The van der Waals surface area contributed by atoms with Gasteiger partial charge in [0.25, 0.3) is 0 Å². The van der Waals surface area contributed by atoms with Gasteiger partial charge in [0.2, 0.25) is 11.9 Å². The zero-order chi connectivity index (χ0) is 24.9. The van der Waals surface area contributed by atoms with E-state index >= 15 is 0 Å². The minimum Gasteiger partial charge on any atom is -0.444 e. The number of piperazine rings is 1. The van der Waals surface area contributed by atoms with Gasteiger partial charge >= 0.3 is 6.09 Å². The molecule has 0 radical (unpaired) electrons. The van der Waals surface area contributed by atoms with Crippen LogP contribution in [0.4, 0.5) is 16.7 Å². The van der Waals surface area contributed by atoms with E-state index in [9.17, 15) is 4.79 Å². The summed E-state index contributed by atoms with van der Waals surface area (Å²) < 4.78 is 13.6. The van der Waals surface area contributed by atoms with Crippen molar-refractivity contribution in [1.29, 1.82) is 0 Å². The number of alkyl carbamates (subject to hydrolysis) is 1. The molecule has 1 aromatic rings. The van der Waals surface area contributed by atoms with Crippen molar-refractivity contribution in [3.05, 3.63) is 0 Å². The number of ether oxygens (including phenoxy) is 2. The van der Waals surface area contributed by atoms with Gasteiger partial charge in [-0.15, -0.1) is 10.2 Å². The minimum absolute atomic E-state index is 0.363. The Morgan fingerprint density at radius 2 is 1.68 bits per heavy atom. The van der Waals surface area contributed by atoms with Gasteiger partial charge in [-0.25, -0.2) is 4.79 Å². The zero-order valence-corrected chi connectivity index (χ0v) is 23.3. The smallest absolute Gasteiger partial charge is 0.407 e. The van der Waals surface area contributed by atoms with Crippen molar-refractivity contribution in [3.8, 4) is 0 Å². The maximum Gasteiger partial charge on any atom is 0.407 e. The molecule has 0 bridgehead atoms. The van der Waals surface area contributed by atoms with Crippen molar-refractivity contribution >= 4 is 26.1 Å². The van der Waals surface area contributed by atoms with E-state index in [1.54, 1.807) is 0 Å². The van der Waals surface area contributed by atoms with Gasteiger partial charge in [0.15, 0.2) is 0 Å². The Morgan fingerprint density at radius 3 is 2.24 bits per heavy atom. The molecule has 3 heterocycles. The normalized spacial score (nSPS) is 18.2. The summed E-state index contributed by atoms with van der Waals surface area (Å²) in [6, 6.07) is 1.14. The molecule has 34 heavy (non-hydrogen) atoms. The van der Waals surface area contributed by atoms with Crippen LogP contribution in [0.5, 0.6) is 0 Å². The maximum absolute atomic E-state index is 12.0. The van der Waals surface area contributed by atoms with Gasteiger partial charge in [-0.2, -0.15) is 0 Å². The summed E-state index contributed by atoms with van der Waals surface area (Å²) in [4.78, 5) is 19.0. The van der Waals surface area contributed by atoms with Gasteiger partial charge in [-0.1, -0.05) is 26.6 Å². The third-order valence-corrected chi connectivity index (χ3v) is 7.91. The van der Waals surface area contributed by atoms with Crippen molar-refractivity contribution in [2.24, 2.45) is 5.92 Å². The van der Waals surface area contributed by atoms with E-state index in [0.717, 1.165) is 70.4 Å². The molecule has 2 aliphatic heterocycles. The van der Waals surface area contributed by atoms with Crippen LogP contribution in [0.1, 0.15) is 27.7 Å². The highest BCUT2D eigenvalue weighted by molar-refractivity contribution is 6.76. The summed E-state index contributed by atoms with van der Waals surface area (Å²) in [5.41, 5.74) is -0.485. The van der Waals surface area contributed by atoms with Crippen molar-refractivity contribution in [3.63, 3.8) is 0 Å². The molecule has 1 N–H and O–H groups in total. The monoisotopic (exact) mass is 495 g/mol. The SMILES string of the molecule is CCN1CCN(c2nnc(N3CC(CNC(=O)OC(C)(C)C)C3)n2COCC[Si](C)(C)C)CC1. The Bertz CT molecular complexity index is 791. The van der Waals surface area contributed by atoms with Crippen molar-refractivity contribution < 1.29 is 14.3 Å². The third-order valence-electron chi connectivity index (χ3n) is 6.20. The second kappa shape index (κ2) is 11.3. The fourth-order valence-corrected chi connectivity index (χ4v) is 4.83. The molecule has 10 nitrogen and oxygen atoms in total. The van der Waals surface area contributed by atoms with Crippen LogP contribution in [-0.2, 0) is 16.2 Å². The number of amides is 1. The lowest BCUT2D eigenvalue weighted by Crippen LogP contribution is -2.53. The number of hydrogen-bond donors (Lipinski definition) is 1. The first-order valence-corrected chi connectivity index (χ1v) is 16.4. The maximum atomic E-state index is 12.0. The Labute approximate surface area is 206 Å². The van der Waals surface area contributed by atoms with Crippen LogP contribution in [0.2, 0.25) is 25.7 Å². The summed E-state index contributed by atoms with van der Waals surface area (Å²) in [5, 5.41) is 12.0. The van der Waals surface area contributed by atoms with E-state index in [2.05, 4.69) is 61.3 Å². The van der Waals surface area contributed by atoms with Gasteiger partial charge in [0, 0.05) is 66.4 Å². The second-order valence-electron chi connectivity index (χ2n) is 11.7. The topological polar surface area (TPSA) is 88.0 Å². The van der Waals surface area contributed by atoms with Gasteiger partial charge in [-0.05, 0) is 33.4 Å². The predicted octanol–water partition coefficient (Wildman–Crippen LogP) is 2.69. The van der Waals surface area contributed by atoms with E-state index in [4.69, 9.17) is 9.47 Å². The Morgan fingerprint density at radius 1 is 1.06 bits per heavy atom. The number of likely N-dealkylation sites (N-methyl/N-ethyl adjacent to an activating group) is 1. The predicted molar refractivity (Wildman–Crippen MR) is 138 cm³/mol. The molecule has 0 aliphatic carbocycles. The number of anilines is 2. The van der Waals surface area contributed by atoms with Crippen LogP contribution >= 0.6 is 0 Å². The van der Waals surface area contributed by atoms with Gasteiger partial charge in [0.1, 0.15) is 12.3 Å². The molecule has 3 rings (SSSR count). The van der Waals surface area contributed by atoms with E-state index < -0.39 is 13.7 Å². The molecule has 0 unspecified atom stereocenters. The van der Waals surface area contributed by atoms with E-state index in [1.165, 1.54) is 0 Å². The average Bonchev–Trinajstić information content (AvgIpc) is 3.11. The fraction of sp³-hybridized carbons (Fsp3) is 0.870. The minimum atomic E-state index is -1.15. The van der Waals surface area contributed by atoms with Gasteiger partial charge in [-0.3, -0.25) is 4.57 Å². The number of nitrogens with one attached hydrogen (secondary N) is 1. The van der Waals surface area contributed by atoms with Crippen molar-refractivity contribution in [2.75, 3.05) is 68.8 Å². The molecule has 2 saturated heterocycles. The van der Waals surface area contributed by atoms with E-state index in [0.29, 0.717) is 19.2 Å². The highest BCUT2D eigenvalue weighted by Crippen LogP contribution is 2.27. The molecule has 0 saturated carbocycles. The Balaban J connectivity index is 1.59. The first kappa shape index (κ1) is 26.7. The summed E-state index contributed by atoms with van der Waals surface area (Å²) >= 11 is 0. The molecule has 0 spiro atoms. The summed E-state index contributed by atoms with van der Waals surface area (Å²) in [7, 11) is -1.15. The first-order chi connectivity index (χ1) is 15.9. The lowest BCUT2D eigenvalue weighted by atomic mass is 10.0. The lowest BCUT2D eigenvalue weighted by molar-refractivity contribution is 0.0516. The van der Waals surface area contributed by atoms with Gasteiger partial charge in [0.05, 0.1) is 0 Å². The Hall–Kier alpha value is -1.85. The largest absolute Gasteiger partial charge is 0.444 e. The molecule has 1 amide bonds. The van der Waals surface area contributed by atoms with Crippen LogP contribution in [-0.4, -0.2) is 98.4 Å². The van der Waals surface area contributed by atoms with E-state index in [-0.39, 0.29) is 6.09 Å². The molecular weight excluding hydrogens is 450 g/mol. The lowest BCUT2D eigenvalue weighted by Gasteiger charge is -2.40. The molecule has 11 heteroatoms. The number of aromatic nitrogens is 3. The van der Waals surface area contributed by atoms with Crippen LogP contribution < -0.4 is 15.1 Å². The molecule has 0 aromatic carbocycles. The highest BCUT2D eigenvalue weighted by atomic mass is 28.3. The Kier molecular flexibility index (Phi) is 8.86. The number of nitrogens with zero attached hydrogens (tertiary/aromatic N) is 6. The van der Waals surface area contributed by atoms with Crippen LogP contribution in [0.25, 0.3) is 0 Å². The summed E-state index contributed by atoms with van der Waals surface area (Å²) in [5.74, 6) is 2.12. The second-order valence-corrected chi connectivity index (χ2v) is 17.3.